The number of morpholine rings is 1. The van der Waals surface area contributed by atoms with Crippen molar-refractivity contribution in [1.29, 1.82) is 0 Å². The molecule has 32 heavy (non-hydrogen) atoms. The Morgan fingerprint density at radius 3 is 2.81 bits per heavy atom. The lowest BCUT2D eigenvalue weighted by Crippen LogP contribution is -2.61. The van der Waals surface area contributed by atoms with Crippen LogP contribution < -0.4 is 4.74 Å². The quantitative estimate of drug-likeness (QED) is 0.686. The van der Waals surface area contributed by atoms with Crippen LogP contribution in [0.5, 0.6) is 5.75 Å². The number of fused-ring (bicyclic) bond motifs is 1. The lowest BCUT2D eigenvalue weighted by atomic mass is 9.91. The molecule has 7 heteroatoms. The molecule has 3 heterocycles. The number of amides is 2. The van der Waals surface area contributed by atoms with Gasteiger partial charge in [0.25, 0.3) is 11.8 Å². The van der Waals surface area contributed by atoms with Crippen molar-refractivity contribution in [2.75, 3.05) is 39.9 Å². The fourth-order valence-electron chi connectivity index (χ4n) is 4.52. The smallest absolute Gasteiger partial charge is 0.256 e. The largest absolute Gasteiger partial charge is 0.491 e. The topological polar surface area (TPSA) is 72.0 Å². The number of carbonyl (C=O) groups is 2. The highest BCUT2D eigenvalue weighted by Crippen LogP contribution is 2.29. The highest BCUT2D eigenvalue weighted by atomic mass is 16.5. The van der Waals surface area contributed by atoms with Crippen LogP contribution in [0.25, 0.3) is 0 Å². The number of hydrogen-bond donors (Lipinski definition) is 0. The molecule has 4 rings (SSSR count). The third-order valence-electron chi connectivity index (χ3n) is 6.27. The number of nitrogens with zero attached hydrogens (tertiary/aromatic N) is 3. The number of carbonyl (C=O) groups excluding carboxylic acids is 2. The van der Waals surface area contributed by atoms with Crippen molar-refractivity contribution in [2.24, 2.45) is 0 Å². The number of benzene rings is 1. The van der Waals surface area contributed by atoms with Gasteiger partial charge in [-0.05, 0) is 55.9 Å². The minimum absolute atomic E-state index is 0.0881. The summed E-state index contributed by atoms with van der Waals surface area (Å²) in [6.07, 6.45) is 6.51. The molecule has 2 aliphatic rings. The van der Waals surface area contributed by atoms with Crippen molar-refractivity contribution in [2.45, 2.75) is 38.2 Å². The molecular formula is C25H31N3O4. The Morgan fingerprint density at radius 1 is 1.12 bits per heavy atom. The molecule has 170 valence electrons. The number of hydrogen-bond acceptors (Lipinski definition) is 5. The summed E-state index contributed by atoms with van der Waals surface area (Å²) in [5.41, 5.74) is 1.63. The van der Waals surface area contributed by atoms with Crippen LogP contribution in [0.4, 0.5) is 0 Å². The normalized spacial score (nSPS) is 22.5. The standard InChI is InChI=1S/C25H31N3O4/c1-19-15-21(17-26-16-19)23(29)28-12-14-32-25(18-28)10-6-5-8-20-7-3-4-9-22(20)31-13-11-27(2)24(25)30/h3-4,7,9,15-17H,5-6,8,10-14,18H2,1-2H3. The van der Waals surface area contributed by atoms with E-state index in [9.17, 15) is 9.59 Å². The number of likely N-dealkylation sites (N-methyl/N-ethyl adjacent to an activating group) is 1. The Morgan fingerprint density at radius 2 is 1.97 bits per heavy atom. The number of rotatable bonds is 1. The van der Waals surface area contributed by atoms with Crippen molar-refractivity contribution >= 4 is 11.8 Å². The molecule has 1 aromatic heterocycles. The first-order valence-electron chi connectivity index (χ1n) is 11.3. The van der Waals surface area contributed by atoms with E-state index in [1.54, 1.807) is 29.2 Å². The average Bonchev–Trinajstić information content (AvgIpc) is 2.81. The van der Waals surface area contributed by atoms with Crippen LogP contribution in [0.3, 0.4) is 0 Å². The van der Waals surface area contributed by atoms with Crippen LogP contribution in [0.2, 0.25) is 0 Å². The van der Waals surface area contributed by atoms with E-state index in [1.165, 1.54) is 5.56 Å². The summed E-state index contributed by atoms with van der Waals surface area (Å²) < 4.78 is 12.1. The van der Waals surface area contributed by atoms with E-state index in [0.717, 1.165) is 30.6 Å². The lowest BCUT2D eigenvalue weighted by Gasteiger charge is -2.43. The Balaban J connectivity index is 1.54. The molecule has 7 nitrogen and oxygen atoms in total. The maximum atomic E-state index is 13.5. The summed E-state index contributed by atoms with van der Waals surface area (Å²) in [5.74, 6) is 0.693. The van der Waals surface area contributed by atoms with Crippen molar-refractivity contribution in [3.05, 3.63) is 59.4 Å². The zero-order valence-electron chi connectivity index (χ0n) is 18.9. The van der Waals surface area contributed by atoms with E-state index >= 15 is 0 Å². The Hall–Kier alpha value is -2.93. The van der Waals surface area contributed by atoms with Crippen molar-refractivity contribution in [3.8, 4) is 5.75 Å². The van der Waals surface area contributed by atoms with Crippen LogP contribution in [-0.2, 0) is 16.0 Å². The predicted octanol–water partition coefficient (Wildman–Crippen LogP) is 2.87. The predicted molar refractivity (Wildman–Crippen MR) is 121 cm³/mol. The second-order valence-corrected chi connectivity index (χ2v) is 8.71. The number of aromatic nitrogens is 1. The van der Waals surface area contributed by atoms with Gasteiger partial charge < -0.3 is 19.3 Å². The minimum atomic E-state index is -1.03. The highest BCUT2D eigenvalue weighted by molar-refractivity contribution is 5.95. The first kappa shape index (κ1) is 22.3. The van der Waals surface area contributed by atoms with Crippen molar-refractivity contribution < 1.29 is 19.1 Å². The van der Waals surface area contributed by atoms with Gasteiger partial charge in [0.05, 0.1) is 25.3 Å². The third-order valence-corrected chi connectivity index (χ3v) is 6.27. The lowest BCUT2D eigenvalue weighted by molar-refractivity contribution is -0.169. The molecule has 2 aromatic rings. The van der Waals surface area contributed by atoms with Gasteiger partial charge in [-0.25, -0.2) is 0 Å². The van der Waals surface area contributed by atoms with Crippen LogP contribution in [0.1, 0.15) is 40.7 Å². The van der Waals surface area contributed by atoms with Gasteiger partial charge in [0, 0.05) is 26.0 Å². The maximum absolute atomic E-state index is 13.5. The van der Waals surface area contributed by atoms with Gasteiger partial charge in [-0.1, -0.05) is 18.2 Å². The first-order chi connectivity index (χ1) is 15.5. The van der Waals surface area contributed by atoms with Gasteiger partial charge in [-0.2, -0.15) is 0 Å². The van der Waals surface area contributed by atoms with Gasteiger partial charge in [-0.15, -0.1) is 0 Å². The van der Waals surface area contributed by atoms with Crippen LogP contribution in [0, 0.1) is 6.92 Å². The van der Waals surface area contributed by atoms with Crippen LogP contribution in [0.15, 0.2) is 42.7 Å². The summed E-state index contributed by atoms with van der Waals surface area (Å²) in [6.45, 7) is 3.82. The van der Waals surface area contributed by atoms with Gasteiger partial charge in [-0.3, -0.25) is 14.6 Å². The molecular weight excluding hydrogens is 406 g/mol. The van der Waals surface area contributed by atoms with Gasteiger partial charge in [0.2, 0.25) is 0 Å². The number of para-hydroxylation sites is 1. The molecule has 2 aliphatic heterocycles. The Labute approximate surface area is 189 Å². The van der Waals surface area contributed by atoms with Gasteiger partial charge in [0.1, 0.15) is 12.4 Å². The molecule has 0 saturated carbocycles. The maximum Gasteiger partial charge on any atom is 0.256 e. The van der Waals surface area contributed by atoms with E-state index in [0.29, 0.717) is 38.3 Å². The zero-order chi connectivity index (χ0) is 22.6. The van der Waals surface area contributed by atoms with E-state index in [2.05, 4.69) is 11.1 Å². The Kier molecular flexibility index (Phi) is 6.74. The number of aryl methyl sites for hydroxylation is 2. The molecule has 1 unspecified atom stereocenters. The molecule has 1 atom stereocenters. The van der Waals surface area contributed by atoms with E-state index in [4.69, 9.17) is 9.47 Å². The molecule has 0 N–H and O–H groups in total. The monoisotopic (exact) mass is 437 g/mol. The molecule has 0 aliphatic carbocycles. The second-order valence-electron chi connectivity index (χ2n) is 8.71. The van der Waals surface area contributed by atoms with Crippen molar-refractivity contribution in [3.63, 3.8) is 0 Å². The summed E-state index contributed by atoms with van der Waals surface area (Å²) in [4.78, 5) is 34.3. The molecule has 0 bridgehead atoms. The zero-order valence-corrected chi connectivity index (χ0v) is 18.9. The molecule has 2 amide bonds. The van der Waals surface area contributed by atoms with Gasteiger partial charge in [0.15, 0.2) is 5.60 Å². The molecule has 1 fully saturated rings. The summed E-state index contributed by atoms with van der Waals surface area (Å²) in [5, 5.41) is 0. The van der Waals surface area contributed by atoms with E-state index < -0.39 is 5.60 Å². The fraction of sp³-hybridized carbons (Fsp3) is 0.480. The number of pyridine rings is 1. The highest BCUT2D eigenvalue weighted by Gasteiger charge is 2.46. The molecule has 1 spiro atoms. The first-order valence-corrected chi connectivity index (χ1v) is 11.3. The van der Waals surface area contributed by atoms with Crippen LogP contribution in [-0.4, -0.2) is 72.1 Å². The second kappa shape index (κ2) is 9.69. The van der Waals surface area contributed by atoms with Gasteiger partial charge >= 0.3 is 0 Å². The molecule has 1 aromatic carbocycles. The third kappa shape index (κ3) is 4.78. The van der Waals surface area contributed by atoms with E-state index in [1.807, 2.05) is 31.2 Å². The fourth-order valence-corrected chi connectivity index (χ4v) is 4.52. The molecule has 1 saturated heterocycles. The van der Waals surface area contributed by atoms with E-state index in [-0.39, 0.29) is 18.4 Å². The van der Waals surface area contributed by atoms with Crippen LogP contribution >= 0.6 is 0 Å². The summed E-state index contributed by atoms with van der Waals surface area (Å²) in [7, 11) is 1.78. The molecule has 0 radical (unpaired) electrons. The number of ether oxygens (including phenoxy) is 2. The minimum Gasteiger partial charge on any atom is -0.491 e. The summed E-state index contributed by atoms with van der Waals surface area (Å²) in [6, 6.07) is 9.91. The average molecular weight is 438 g/mol. The summed E-state index contributed by atoms with van der Waals surface area (Å²) >= 11 is 0. The Bertz CT molecular complexity index is 979. The van der Waals surface area contributed by atoms with Crippen molar-refractivity contribution in [1.82, 2.24) is 14.8 Å². The SMILES string of the molecule is Cc1cncc(C(=O)N2CCOC3(CCCCc4ccccc4OCCN(C)C3=O)C2)c1.